The average Bonchev–Trinajstić information content (AvgIpc) is 3.46. The van der Waals surface area contributed by atoms with Gasteiger partial charge in [0.15, 0.2) is 0 Å². The van der Waals surface area contributed by atoms with Crippen molar-refractivity contribution in [3.63, 3.8) is 0 Å². The van der Waals surface area contributed by atoms with E-state index < -0.39 is 28.0 Å². The molecule has 0 spiro atoms. The van der Waals surface area contributed by atoms with Gasteiger partial charge in [0, 0.05) is 25.7 Å². The number of sulfonamides is 1. The Labute approximate surface area is 254 Å². The number of fused-ring (bicyclic) bond motifs is 1. The molecule has 5 rings (SSSR count). The van der Waals surface area contributed by atoms with Crippen molar-refractivity contribution in [2.45, 2.75) is 49.6 Å². The van der Waals surface area contributed by atoms with Crippen LogP contribution in [0.15, 0.2) is 65.6 Å². The first-order chi connectivity index (χ1) is 20.5. The van der Waals surface area contributed by atoms with Crippen molar-refractivity contribution in [3.8, 4) is 0 Å². The molecule has 226 valence electrons. The van der Waals surface area contributed by atoms with Crippen LogP contribution in [0.3, 0.4) is 0 Å². The van der Waals surface area contributed by atoms with Gasteiger partial charge in [-0.3, -0.25) is 19.2 Å². The van der Waals surface area contributed by atoms with Gasteiger partial charge in [0.25, 0.3) is 0 Å². The maximum atomic E-state index is 13.3. The van der Waals surface area contributed by atoms with Crippen molar-refractivity contribution in [2.24, 2.45) is 0 Å². The first kappa shape index (κ1) is 30.5. The third kappa shape index (κ3) is 6.98. The second-order valence-electron chi connectivity index (χ2n) is 10.7. The van der Waals surface area contributed by atoms with Crippen LogP contribution in [0.5, 0.6) is 0 Å². The first-order valence-corrected chi connectivity index (χ1v) is 15.9. The van der Waals surface area contributed by atoms with Crippen molar-refractivity contribution < 1.29 is 27.6 Å². The van der Waals surface area contributed by atoms with Crippen LogP contribution in [0.1, 0.15) is 32.6 Å². The molecule has 13 heteroatoms. The molecule has 0 aliphatic carbocycles. The fourth-order valence-corrected chi connectivity index (χ4v) is 7.04. The van der Waals surface area contributed by atoms with Gasteiger partial charge in [-0.05, 0) is 66.8 Å². The van der Waals surface area contributed by atoms with Gasteiger partial charge in [0.1, 0.15) is 12.1 Å². The summed E-state index contributed by atoms with van der Waals surface area (Å²) in [5, 5.41) is 7.49. The molecule has 2 unspecified atom stereocenters. The second kappa shape index (κ2) is 12.7. The van der Waals surface area contributed by atoms with Crippen molar-refractivity contribution in [1.29, 1.82) is 0 Å². The van der Waals surface area contributed by atoms with E-state index in [1.54, 1.807) is 0 Å². The summed E-state index contributed by atoms with van der Waals surface area (Å²) in [6, 6.07) is 15.5. The summed E-state index contributed by atoms with van der Waals surface area (Å²) in [6.45, 7) is 1.73. The fraction of sp³-hybridized carbons (Fsp3) is 0.333. The van der Waals surface area contributed by atoms with Crippen LogP contribution in [0.4, 0.5) is 11.4 Å². The molecule has 3 aromatic carbocycles. The molecule has 0 saturated carbocycles. The number of nitrogens with one attached hydrogen (secondary N) is 3. The molecule has 2 aliphatic heterocycles. The fourth-order valence-electron chi connectivity index (χ4n) is 5.50. The lowest BCUT2D eigenvalue weighted by Crippen LogP contribution is -2.55. The minimum atomic E-state index is -4.13. The Morgan fingerprint density at radius 3 is 2.42 bits per heavy atom. The molecule has 2 saturated heterocycles. The van der Waals surface area contributed by atoms with E-state index >= 15 is 0 Å². The molecule has 2 heterocycles. The second-order valence-corrected chi connectivity index (χ2v) is 12.8. The maximum absolute atomic E-state index is 13.3. The van der Waals surface area contributed by atoms with Gasteiger partial charge in [0.05, 0.1) is 22.2 Å². The Kier molecular flexibility index (Phi) is 9.00. The Balaban J connectivity index is 1.21. The highest BCUT2D eigenvalue weighted by Crippen LogP contribution is 2.27. The Hall–Kier alpha value is -4.00. The quantitative estimate of drug-likeness (QED) is 0.350. The van der Waals surface area contributed by atoms with Gasteiger partial charge >= 0.3 is 0 Å². The molecule has 0 radical (unpaired) electrons. The summed E-state index contributed by atoms with van der Waals surface area (Å²) in [7, 11) is -4.13. The summed E-state index contributed by atoms with van der Waals surface area (Å²) in [4.78, 5) is 53.7. The zero-order chi connectivity index (χ0) is 30.7. The van der Waals surface area contributed by atoms with E-state index in [2.05, 4.69) is 15.4 Å². The van der Waals surface area contributed by atoms with Gasteiger partial charge in [-0.25, -0.2) is 8.42 Å². The lowest BCUT2D eigenvalue weighted by molar-refractivity contribution is -0.144. The normalized spacial score (nSPS) is 19.0. The van der Waals surface area contributed by atoms with E-state index in [4.69, 9.17) is 11.6 Å². The summed E-state index contributed by atoms with van der Waals surface area (Å²) in [5.74, 6) is -1.53. The van der Waals surface area contributed by atoms with Crippen LogP contribution in [-0.4, -0.2) is 73.6 Å². The van der Waals surface area contributed by atoms with Crippen molar-refractivity contribution in [1.82, 2.24) is 14.5 Å². The smallest absolute Gasteiger partial charge is 0.247 e. The largest absolute Gasteiger partial charge is 0.332 e. The van der Waals surface area contributed by atoms with Gasteiger partial charge in [-0.2, -0.15) is 4.72 Å². The van der Waals surface area contributed by atoms with Gasteiger partial charge < -0.3 is 20.4 Å². The number of nitrogens with zero attached hydrogens (tertiary/aromatic N) is 2. The lowest BCUT2D eigenvalue weighted by Gasteiger charge is -2.34. The minimum absolute atomic E-state index is 0.0325. The molecule has 2 aliphatic rings. The number of likely N-dealkylation sites (tertiary alicyclic amines) is 2. The van der Waals surface area contributed by atoms with Gasteiger partial charge in [-0.1, -0.05) is 41.9 Å². The molecule has 11 nitrogen and oxygen atoms in total. The number of amides is 4. The summed E-state index contributed by atoms with van der Waals surface area (Å²) in [5.41, 5.74) is 0.896. The van der Waals surface area contributed by atoms with E-state index in [0.717, 1.165) is 10.8 Å². The number of rotatable bonds is 8. The highest BCUT2D eigenvalue weighted by Gasteiger charge is 2.38. The number of anilines is 2. The number of piperidine rings is 1. The molecule has 3 N–H and O–H groups in total. The molecule has 0 aromatic heterocycles. The van der Waals surface area contributed by atoms with Crippen LogP contribution in [0, 0.1) is 0 Å². The Morgan fingerprint density at radius 2 is 1.67 bits per heavy atom. The molecule has 3 aromatic rings. The SMILES string of the molecule is CC(=O)Nc1ccc(S(=O)(=O)NC2CCCN(CC(=O)N3CCCC3C(=O)Nc3ccc4ccccc4c3)C2=O)cc1Cl. The maximum Gasteiger partial charge on any atom is 0.247 e. The summed E-state index contributed by atoms with van der Waals surface area (Å²) < 4.78 is 28.6. The topological polar surface area (TPSA) is 145 Å². The number of carbonyl (C=O) groups is 4. The molecule has 4 amide bonds. The van der Waals surface area contributed by atoms with Gasteiger partial charge in [0.2, 0.25) is 33.7 Å². The average molecular weight is 626 g/mol. The molecule has 2 fully saturated rings. The number of benzene rings is 3. The van der Waals surface area contributed by atoms with Crippen LogP contribution in [0.25, 0.3) is 10.8 Å². The van der Waals surface area contributed by atoms with Crippen molar-refractivity contribution in [2.75, 3.05) is 30.3 Å². The lowest BCUT2D eigenvalue weighted by atomic mass is 10.1. The zero-order valence-corrected chi connectivity index (χ0v) is 25.1. The van der Waals surface area contributed by atoms with E-state index in [-0.39, 0.29) is 46.3 Å². The Morgan fingerprint density at radius 1 is 0.930 bits per heavy atom. The van der Waals surface area contributed by atoms with E-state index in [9.17, 15) is 27.6 Å². The molecule has 2 atom stereocenters. The Bertz CT molecular complexity index is 1700. The van der Waals surface area contributed by atoms with E-state index in [0.29, 0.717) is 38.0 Å². The van der Waals surface area contributed by atoms with Crippen molar-refractivity contribution in [3.05, 3.63) is 65.7 Å². The molecular weight excluding hydrogens is 594 g/mol. The third-order valence-corrected chi connectivity index (χ3v) is 9.39. The van der Waals surface area contributed by atoms with E-state index in [1.165, 1.54) is 34.9 Å². The van der Waals surface area contributed by atoms with Crippen LogP contribution in [-0.2, 0) is 29.2 Å². The highest BCUT2D eigenvalue weighted by molar-refractivity contribution is 7.89. The number of halogens is 1. The first-order valence-electron chi connectivity index (χ1n) is 14.0. The van der Waals surface area contributed by atoms with Gasteiger partial charge in [-0.15, -0.1) is 0 Å². The van der Waals surface area contributed by atoms with Crippen LogP contribution < -0.4 is 15.4 Å². The summed E-state index contributed by atoms with van der Waals surface area (Å²) in [6.07, 6.45) is 1.91. The van der Waals surface area contributed by atoms with E-state index in [1.807, 2.05) is 42.5 Å². The number of hydrogen-bond donors (Lipinski definition) is 3. The zero-order valence-electron chi connectivity index (χ0n) is 23.5. The number of hydrogen-bond acceptors (Lipinski definition) is 6. The monoisotopic (exact) mass is 625 g/mol. The third-order valence-electron chi connectivity index (χ3n) is 7.61. The van der Waals surface area contributed by atoms with Crippen LogP contribution in [0.2, 0.25) is 5.02 Å². The number of carbonyl (C=O) groups excluding carboxylic acids is 4. The minimum Gasteiger partial charge on any atom is -0.332 e. The summed E-state index contributed by atoms with van der Waals surface area (Å²) >= 11 is 6.14. The van der Waals surface area contributed by atoms with Crippen LogP contribution >= 0.6 is 11.6 Å². The molecule has 43 heavy (non-hydrogen) atoms. The highest BCUT2D eigenvalue weighted by atomic mass is 35.5. The predicted molar refractivity (Wildman–Crippen MR) is 163 cm³/mol. The van der Waals surface area contributed by atoms with Crippen molar-refractivity contribution >= 4 is 67.4 Å². The predicted octanol–water partition coefficient (Wildman–Crippen LogP) is 3.35. The molecule has 0 bridgehead atoms. The molecular formula is C30H32ClN5O6S. The standard InChI is InChI=1S/C30H32ClN5O6S/c1-19(37)32-25-13-12-23(17-24(25)31)43(41,42)34-26-8-4-14-35(30(26)40)18-28(38)36-15-5-9-27(36)29(39)33-22-11-10-20-6-2-3-7-21(20)16-22/h2-3,6-7,10-13,16-17,26-27,34H,4-5,8-9,14-15,18H2,1H3,(H,32,37)(H,33,39).